The molecule has 2 fully saturated rings. The lowest BCUT2D eigenvalue weighted by Gasteiger charge is -2.36. The lowest BCUT2D eigenvalue weighted by molar-refractivity contribution is 0.0657. The average Bonchev–Trinajstić information content (AvgIpc) is 3.12. The standard InChI is InChI=1S/C15H24N4O3S/c1-11(2)14-13(9-16-17-14)15(20)18-6-3-5-12(10-18)19-7-4-8-23(19,21)22/h9,11-12H,3-8,10H2,1-2H3,(H,16,17). The first-order chi connectivity index (χ1) is 10.9. The highest BCUT2D eigenvalue weighted by Gasteiger charge is 2.38. The summed E-state index contributed by atoms with van der Waals surface area (Å²) in [5.41, 5.74) is 1.44. The molecule has 1 N–H and O–H groups in total. The van der Waals surface area contributed by atoms with Crippen LogP contribution in [0.5, 0.6) is 0 Å². The Morgan fingerprint density at radius 3 is 2.78 bits per heavy atom. The van der Waals surface area contributed by atoms with Gasteiger partial charge in [-0.05, 0) is 25.2 Å². The van der Waals surface area contributed by atoms with Crippen LogP contribution in [0, 0.1) is 0 Å². The van der Waals surface area contributed by atoms with Crippen LogP contribution in [-0.2, 0) is 10.0 Å². The van der Waals surface area contributed by atoms with Gasteiger partial charge in [0.25, 0.3) is 5.91 Å². The molecule has 3 rings (SSSR count). The molecule has 1 aromatic heterocycles. The van der Waals surface area contributed by atoms with Crippen molar-refractivity contribution in [3.05, 3.63) is 17.5 Å². The zero-order valence-electron chi connectivity index (χ0n) is 13.7. The molecule has 1 amide bonds. The lowest BCUT2D eigenvalue weighted by Crippen LogP contribution is -2.50. The van der Waals surface area contributed by atoms with Crippen LogP contribution in [0.25, 0.3) is 0 Å². The van der Waals surface area contributed by atoms with E-state index in [2.05, 4.69) is 10.2 Å². The molecule has 0 bridgehead atoms. The van der Waals surface area contributed by atoms with Crippen molar-refractivity contribution < 1.29 is 13.2 Å². The Hall–Kier alpha value is -1.41. The van der Waals surface area contributed by atoms with E-state index in [0.29, 0.717) is 31.6 Å². The first-order valence-corrected chi connectivity index (χ1v) is 9.83. The van der Waals surface area contributed by atoms with E-state index >= 15 is 0 Å². The largest absolute Gasteiger partial charge is 0.337 e. The minimum atomic E-state index is -3.13. The molecule has 2 saturated heterocycles. The Labute approximate surface area is 137 Å². The van der Waals surface area contributed by atoms with E-state index in [-0.39, 0.29) is 23.6 Å². The number of carbonyl (C=O) groups excluding carboxylic acids is 1. The van der Waals surface area contributed by atoms with E-state index < -0.39 is 10.0 Å². The second kappa shape index (κ2) is 6.24. The summed E-state index contributed by atoms with van der Waals surface area (Å²) in [4.78, 5) is 14.6. The number of nitrogens with one attached hydrogen (secondary N) is 1. The molecule has 3 heterocycles. The van der Waals surface area contributed by atoms with Crippen LogP contribution in [-0.4, -0.2) is 65.2 Å². The zero-order valence-corrected chi connectivity index (χ0v) is 14.5. The third-order valence-electron chi connectivity index (χ3n) is 4.71. The molecule has 23 heavy (non-hydrogen) atoms. The van der Waals surface area contributed by atoms with Gasteiger partial charge in [-0.1, -0.05) is 13.8 Å². The minimum Gasteiger partial charge on any atom is -0.337 e. The van der Waals surface area contributed by atoms with Crippen molar-refractivity contribution in [3.8, 4) is 0 Å². The summed E-state index contributed by atoms with van der Waals surface area (Å²) < 4.78 is 25.8. The van der Waals surface area contributed by atoms with Gasteiger partial charge in [-0.3, -0.25) is 9.89 Å². The second-order valence-corrected chi connectivity index (χ2v) is 8.72. The van der Waals surface area contributed by atoms with Crippen molar-refractivity contribution in [3.63, 3.8) is 0 Å². The number of hydrogen-bond acceptors (Lipinski definition) is 4. The number of piperidine rings is 1. The van der Waals surface area contributed by atoms with Crippen molar-refractivity contribution in [2.45, 2.75) is 45.1 Å². The number of aromatic amines is 1. The summed E-state index contributed by atoms with van der Waals surface area (Å²) in [6.45, 7) is 5.75. The maximum Gasteiger partial charge on any atom is 0.257 e. The normalized spacial score (nSPS) is 25.2. The van der Waals surface area contributed by atoms with E-state index in [1.807, 2.05) is 13.8 Å². The van der Waals surface area contributed by atoms with E-state index in [1.165, 1.54) is 0 Å². The Kier molecular flexibility index (Phi) is 4.46. The summed E-state index contributed by atoms with van der Waals surface area (Å²) in [6, 6.07) is -0.0883. The van der Waals surface area contributed by atoms with Crippen LogP contribution in [0.15, 0.2) is 6.20 Å². The Balaban J connectivity index is 1.76. The van der Waals surface area contributed by atoms with Crippen molar-refractivity contribution >= 4 is 15.9 Å². The lowest BCUT2D eigenvalue weighted by atomic mass is 10.0. The van der Waals surface area contributed by atoms with Gasteiger partial charge in [-0.15, -0.1) is 0 Å². The quantitative estimate of drug-likeness (QED) is 0.895. The Bertz CT molecular complexity index is 683. The van der Waals surface area contributed by atoms with Crippen LogP contribution in [0.2, 0.25) is 0 Å². The number of nitrogens with zero attached hydrogens (tertiary/aromatic N) is 3. The van der Waals surface area contributed by atoms with E-state index in [4.69, 9.17) is 0 Å². The van der Waals surface area contributed by atoms with E-state index in [0.717, 1.165) is 18.5 Å². The maximum atomic E-state index is 12.8. The summed E-state index contributed by atoms with van der Waals surface area (Å²) in [6.07, 6.45) is 3.92. The van der Waals surface area contributed by atoms with Crippen molar-refractivity contribution in [2.24, 2.45) is 0 Å². The van der Waals surface area contributed by atoms with Gasteiger partial charge in [0.15, 0.2) is 0 Å². The van der Waals surface area contributed by atoms with Crippen LogP contribution in [0.4, 0.5) is 0 Å². The third kappa shape index (κ3) is 3.14. The van der Waals surface area contributed by atoms with E-state index in [1.54, 1.807) is 15.4 Å². The fourth-order valence-electron chi connectivity index (χ4n) is 3.52. The monoisotopic (exact) mass is 340 g/mol. The summed E-state index contributed by atoms with van der Waals surface area (Å²) in [5, 5.41) is 6.90. The molecule has 7 nitrogen and oxygen atoms in total. The molecule has 0 radical (unpaired) electrons. The van der Waals surface area contributed by atoms with Crippen LogP contribution < -0.4 is 0 Å². The highest BCUT2D eigenvalue weighted by atomic mass is 32.2. The van der Waals surface area contributed by atoms with Gasteiger partial charge >= 0.3 is 0 Å². The molecule has 0 saturated carbocycles. The molecule has 8 heteroatoms. The maximum absolute atomic E-state index is 12.8. The van der Waals surface area contributed by atoms with Crippen molar-refractivity contribution in [1.29, 1.82) is 0 Å². The highest BCUT2D eigenvalue weighted by Crippen LogP contribution is 2.26. The third-order valence-corrected chi connectivity index (χ3v) is 6.71. The SMILES string of the molecule is CC(C)c1[nH]ncc1C(=O)N1CCCC(N2CCCS2(=O)=O)C1. The van der Waals surface area contributed by atoms with Crippen molar-refractivity contribution in [2.75, 3.05) is 25.4 Å². The molecule has 2 aliphatic heterocycles. The highest BCUT2D eigenvalue weighted by molar-refractivity contribution is 7.89. The Morgan fingerprint density at radius 2 is 2.13 bits per heavy atom. The fraction of sp³-hybridized carbons (Fsp3) is 0.733. The van der Waals surface area contributed by atoms with Crippen LogP contribution in [0.3, 0.4) is 0 Å². The predicted molar refractivity (Wildman–Crippen MR) is 86.7 cm³/mol. The number of sulfonamides is 1. The number of aromatic nitrogens is 2. The molecule has 2 aliphatic rings. The smallest absolute Gasteiger partial charge is 0.257 e. The van der Waals surface area contributed by atoms with Crippen LogP contribution in [0.1, 0.15) is 55.1 Å². The van der Waals surface area contributed by atoms with Gasteiger partial charge in [-0.25, -0.2) is 8.42 Å². The Morgan fingerprint density at radius 1 is 1.35 bits per heavy atom. The first-order valence-electron chi connectivity index (χ1n) is 8.22. The van der Waals surface area contributed by atoms with Gasteiger partial charge in [0.1, 0.15) is 0 Å². The molecule has 0 aromatic carbocycles. The molecule has 1 unspecified atom stereocenters. The summed E-state index contributed by atoms with van der Waals surface area (Å²) in [5.74, 6) is 0.371. The molecule has 128 valence electrons. The van der Waals surface area contributed by atoms with Gasteiger partial charge in [-0.2, -0.15) is 9.40 Å². The molecular weight excluding hydrogens is 316 g/mol. The predicted octanol–water partition coefficient (Wildman–Crippen LogP) is 1.17. The molecule has 1 atom stereocenters. The molecule has 0 aliphatic carbocycles. The van der Waals surface area contributed by atoms with Crippen molar-refractivity contribution in [1.82, 2.24) is 19.4 Å². The number of amides is 1. The minimum absolute atomic E-state index is 0.0521. The number of likely N-dealkylation sites (tertiary alicyclic amines) is 1. The van der Waals surface area contributed by atoms with Gasteiger partial charge in [0.2, 0.25) is 10.0 Å². The summed E-state index contributed by atoms with van der Waals surface area (Å²) >= 11 is 0. The van der Waals surface area contributed by atoms with E-state index in [9.17, 15) is 13.2 Å². The summed E-state index contributed by atoms with van der Waals surface area (Å²) in [7, 11) is -3.13. The van der Waals surface area contributed by atoms with Gasteiger partial charge < -0.3 is 4.90 Å². The second-order valence-electron chi connectivity index (χ2n) is 6.68. The average molecular weight is 340 g/mol. The number of carbonyl (C=O) groups is 1. The van der Waals surface area contributed by atoms with Gasteiger partial charge in [0, 0.05) is 25.7 Å². The topological polar surface area (TPSA) is 86.4 Å². The van der Waals surface area contributed by atoms with Crippen LogP contribution >= 0.6 is 0 Å². The molecular formula is C15H24N4O3S. The fourth-order valence-corrected chi connectivity index (χ4v) is 5.28. The number of H-pyrrole nitrogens is 1. The number of hydrogen-bond donors (Lipinski definition) is 1. The van der Waals surface area contributed by atoms with Gasteiger partial charge in [0.05, 0.1) is 23.2 Å². The molecule has 1 aromatic rings. The number of rotatable bonds is 3. The molecule has 0 spiro atoms. The first kappa shape index (κ1) is 16.4. The zero-order chi connectivity index (χ0) is 16.6.